The zero-order chi connectivity index (χ0) is 13.8. The quantitative estimate of drug-likeness (QED) is 0.806. The molecule has 1 fully saturated rings. The van der Waals surface area contributed by atoms with E-state index in [4.69, 9.17) is 0 Å². The Morgan fingerprint density at radius 3 is 2.37 bits per heavy atom. The maximum absolute atomic E-state index is 3.83. The highest BCUT2D eigenvalue weighted by atomic mass is 15.0. The van der Waals surface area contributed by atoms with Gasteiger partial charge in [0.25, 0.3) is 0 Å². The van der Waals surface area contributed by atoms with Crippen LogP contribution in [-0.2, 0) is 6.42 Å². The minimum absolute atomic E-state index is 0.466. The molecule has 0 amide bonds. The van der Waals surface area contributed by atoms with Gasteiger partial charge in [-0.15, -0.1) is 0 Å². The second-order valence-electron chi connectivity index (χ2n) is 6.40. The number of hydrogen-bond donors (Lipinski definition) is 1. The van der Waals surface area contributed by atoms with Crippen molar-refractivity contribution in [2.75, 3.05) is 0 Å². The van der Waals surface area contributed by atoms with Crippen LogP contribution in [0.3, 0.4) is 0 Å². The fraction of sp³-hybridized carbons (Fsp3) is 0.667. The molecule has 2 rings (SSSR count). The van der Waals surface area contributed by atoms with Gasteiger partial charge in [-0.1, -0.05) is 51.5 Å². The number of hydrogen-bond acceptors (Lipinski definition) is 1. The molecule has 1 aromatic carbocycles. The molecule has 0 spiro atoms. The Balaban J connectivity index is 1.94. The monoisotopic (exact) mass is 259 g/mol. The first-order chi connectivity index (χ1) is 9.11. The lowest BCUT2D eigenvalue weighted by Crippen LogP contribution is -2.34. The summed E-state index contributed by atoms with van der Waals surface area (Å²) in [6.07, 6.45) is 5.13. The Bertz CT molecular complexity index is 381. The Kier molecular flexibility index (Phi) is 5.04. The molecule has 4 atom stereocenters. The largest absolute Gasteiger partial charge is 0.307 e. The SMILES string of the molecule is CCCc1ccc(C(C)NC2CCC(C)C2C)cc1. The third-order valence-corrected chi connectivity index (χ3v) is 4.95. The molecular weight excluding hydrogens is 230 g/mol. The summed E-state index contributed by atoms with van der Waals surface area (Å²) in [7, 11) is 0. The summed E-state index contributed by atoms with van der Waals surface area (Å²) in [5.41, 5.74) is 2.88. The number of rotatable bonds is 5. The fourth-order valence-electron chi connectivity index (χ4n) is 3.28. The van der Waals surface area contributed by atoms with E-state index in [1.165, 1.54) is 36.8 Å². The number of aryl methyl sites for hydroxylation is 1. The maximum Gasteiger partial charge on any atom is 0.0294 e. The summed E-state index contributed by atoms with van der Waals surface area (Å²) >= 11 is 0. The maximum atomic E-state index is 3.83. The van der Waals surface area contributed by atoms with Gasteiger partial charge in [0, 0.05) is 12.1 Å². The smallest absolute Gasteiger partial charge is 0.0294 e. The van der Waals surface area contributed by atoms with E-state index in [0.717, 1.165) is 11.8 Å². The molecule has 1 N–H and O–H groups in total. The van der Waals surface area contributed by atoms with Crippen molar-refractivity contribution in [3.05, 3.63) is 35.4 Å². The third kappa shape index (κ3) is 3.60. The number of nitrogens with one attached hydrogen (secondary N) is 1. The predicted octanol–water partition coefficient (Wildman–Crippen LogP) is 4.72. The zero-order valence-electron chi connectivity index (χ0n) is 12.9. The lowest BCUT2D eigenvalue weighted by Gasteiger charge is -2.24. The summed E-state index contributed by atoms with van der Waals surface area (Å²) in [5.74, 6) is 1.68. The second-order valence-corrected chi connectivity index (χ2v) is 6.40. The van der Waals surface area contributed by atoms with Crippen molar-refractivity contribution < 1.29 is 0 Å². The molecule has 1 nitrogen and oxygen atoms in total. The standard InChI is InChI=1S/C18H29N/c1-5-6-16-8-10-17(11-9-16)15(4)19-18-12-7-13(2)14(18)3/h8-11,13-15,18-19H,5-7,12H2,1-4H3. The van der Waals surface area contributed by atoms with Gasteiger partial charge in [0.05, 0.1) is 0 Å². The van der Waals surface area contributed by atoms with E-state index in [-0.39, 0.29) is 0 Å². The summed E-state index contributed by atoms with van der Waals surface area (Å²) in [6, 6.07) is 10.3. The van der Waals surface area contributed by atoms with Gasteiger partial charge in [-0.05, 0) is 49.1 Å². The van der Waals surface area contributed by atoms with Crippen molar-refractivity contribution in [3.8, 4) is 0 Å². The molecule has 0 aliphatic heterocycles. The van der Waals surface area contributed by atoms with Crippen molar-refractivity contribution in [3.63, 3.8) is 0 Å². The molecule has 1 saturated carbocycles. The van der Waals surface area contributed by atoms with Crippen LogP contribution in [-0.4, -0.2) is 6.04 Å². The molecule has 1 heteroatoms. The van der Waals surface area contributed by atoms with Crippen LogP contribution in [0.15, 0.2) is 24.3 Å². The Morgan fingerprint density at radius 1 is 1.16 bits per heavy atom. The summed E-state index contributed by atoms with van der Waals surface area (Å²) in [5, 5.41) is 3.83. The highest BCUT2D eigenvalue weighted by Gasteiger charge is 2.30. The van der Waals surface area contributed by atoms with E-state index in [1.807, 2.05) is 0 Å². The fourth-order valence-corrected chi connectivity index (χ4v) is 3.28. The molecular formula is C18H29N. The minimum atomic E-state index is 0.466. The molecule has 1 aromatic rings. The van der Waals surface area contributed by atoms with Crippen molar-refractivity contribution in [1.82, 2.24) is 5.32 Å². The molecule has 0 aromatic heterocycles. The van der Waals surface area contributed by atoms with Gasteiger partial charge in [-0.2, -0.15) is 0 Å². The molecule has 0 bridgehead atoms. The van der Waals surface area contributed by atoms with Gasteiger partial charge in [0.2, 0.25) is 0 Å². The topological polar surface area (TPSA) is 12.0 Å². The molecule has 4 unspecified atom stereocenters. The van der Waals surface area contributed by atoms with Crippen molar-refractivity contribution in [2.24, 2.45) is 11.8 Å². The van der Waals surface area contributed by atoms with E-state index < -0.39 is 0 Å². The van der Waals surface area contributed by atoms with Crippen LogP contribution in [0.25, 0.3) is 0 Å². The summed E-state index contributed by atoms with van der Waals surface area (Å²) in [6.45, 7) is 9.31. The molecule has 19 heavy (non-hydrogen) atoms. The molecule has 1 aliphatic rings. The molecule has 1 aliphatic carbocycles. The lowest BCUT2D eigenvalue weighted by atomic mass is 9.96. The average molecular weight is 259 g/mol. The van der Waals surface area contributed by atoms with Gasteiger partial charge in [-0.3, -0.25) is 0 Å². The Morgan fingerprint density at radius 2 is 1.84 bits per heavy atom. The van der Waals surface area contributed by atoms with E-state index in [1.54, 1.807) is 0 Å². The van der Waals surface area contributed by atoms with E-state index in [2.05, 4.69) is 57.3 Å². The number of benzene rings is 1. The zero-order valence-corrected chi connectivity index (χ0v) is 12.9. The van der Waals surface area contributed by atoms with Crippen molar-refractivity contribution >= 4 is 0 Å². The van der Waals surface area contributed by atoms with Crippen molar-refractivity contribution in [2.45, 2.75) is 65.5 Å². The molecule has 106 valence electrons. The van der Waals surface area contributed by atoms with Crippen LogP contribution in [0.4, 0.5) is 0 Å². The Labute approximate surface area is 118 Å². The third-order valence-electron chi connectivity index (χ3n) is 4.95. The average Bonchev–Trinajstić information content (AvgIpc) is 2.72. The Hall–Kier alpha value is -0.820. The summed E-state index contributed by atoms with van der Waals surface area (Å²) in [4.78, 5) is 0. The van der Waals surface area contributed by atoms with Crippen LogP contribution < -0.4 is 5.32 Å². The highest BCUT2D eigenvalue weighted by Crippen LogP contribution is 2.32. The lowest BCUT2D eigenvalue weighted by molar-refractivity contribution is 0.347. The second kappa shape index (κ2) is 6.56. The predicted molar refractivity (Wildman–Crippen MR) is 83.3 cm³/mol. The van der Waals surface area contributed by atoms with Gasteiger partial charge >= 0.3 is 0 Å². The van der Waals surface area contributed by atoms with E-state index in [9.17, 15) is 0 Å². The van der Waals surface area contributed by atoms with Crippen LogP contribution >= 0.6 is 0 Å². The van der Waals surface area contributed by atoms with Gasteiger partial charge < -0.3 is 5.32 Å². The van der Waals surface area contributed by atoms with Crippen LogP contribution in [0, 0.1) is 11.8 Å². The van der Waals surface area contributed by atoms with Crippen LogP contribution in [0.2, 0.25) is 0 Å². The molecule has 0 heterocycles. The highest BCUT2D eigenvalue weighted by molar-refractivity contribution is 5.25. The van der Waals surface area contributed by atoms with Crippen LogP contribution in [0.5, 0.6) is 0 Å². The minimum Gasteiger partial charge on any atom is -0.307 e. The summed E-state index contributed by atoms with van der Waals surface area (Å²) < 4.78 is 0. The first-order valence-corrected chi connectivity index (χ1v) is 7.96. The molecule has 0 radical (unpaired) electrons. The first-order valence-electron chi connectivity index (χ1n) is 7.96. The van der Waals surface area contributed by atoms with Crippen LogP contribution in [0.1, 0.15) is 64.1 Å². The van der Waals surface area contributed by atoms with E-state index >= 15 is 0 Å². The van der Waals surface area contributed by atoms with Crippen molar-refractivity contribution in [1.29, 1.82) is 0 Å². The van der Waals surface area contributed by atoms with Gasteiger partial charge in [0.15, 0.2) is 0 Å². The van der Waals surface area contributed by atoms with E-state index in [0.29, 0.717) is 12.1 Å². The van der Waals surface area contributed by atoms with Gasteiger partial charge in [-0.25, -0.2) is 0 Å². The van der Waals surface area contributed by atoms with Gasteiger partial charge in [0.1, 0.15) is 0 Å². The normalized spacial score (nSPS) is 28.5. The molecule has 0 saturated heterocycles. The first kappa shape index (κ1) is 14.6.